The lowest BCUT2D eigenvalue weighted by Crippen LogP contribution is -2.58. The van der Waals surface area contributed by atoms with Crippen molar-refractivity contribution in [2.75, 3.05) is 13.2 Å². The Kier molecular flexibility index (Phi) is 5.91. The van der Waals surface area contributed by atoms with E-state index in [1.165, 1.54) is 0 Å². The molecule has 18 heavy (non-hydrogen) atoms. The molecule has 1 rings (SSSR count). The van der Waals surface area contributed by atoms with Crippen molar-refractivity contribution in [2.45, 2.75) is 51.0 Å². The Morgan fingerprint density at radius 3 is 2.67 bits per heavy atom. The molecule has 6 nitrogen and oxygen atoms in total. The molecule has 6 heteroatoms. The van der Waals surface area contributed by atoms with E-state index >= 15 is 0 Å². The van der Waals surface area contributed by atoms with Crippen molar-refractivity contribution >= 4 is 11.7 Å². The Balaban J connectivity index is 2.58. The molecular formula is C12H23N3O3. The third kappa shape index (κ3) is 3.87. The molecule has 0 aliphatic heterocycles. The van der Waals surface area contributed by atoms with E-state index in [1.54, 1.807) is 0 Å². The van der Waals surface area contributed by atoms with Gasteiger partial charge in [-0.3, -0.25) is 4.79 Å². The first-order chi connectivity index (χ1) is 8.64. The quantitative estimate of drug-likeness (QED) is 0.217. The average molecular weight is 257 g/mol. The van der Waals surface area contributed by atoms with E-state index in [1.807, 2.05) is 6.92 Å². The SMILES string of the molecule is CCOCCC(=O)NC1(C(N)=NO)CCCCC1. The van der Waals surface area contributed by atoms with E-state index in [2.05, 4.69) is 10.5 Å². The van der Waals surface area contributed by atoms with Crippen molar-refractivity contribution in [3.8, 4) is 0 Å². The van der Waals surface area contributed by atoms with E-state index in [0.29, 0.717) is 19.6 Å². The van der Waals surface area contributed by atoms with Gasteiger partial charge in [-0.1, -0.05) is 24.4 Å². The lowest BCUT2D eigenvalue weighted by Gasteiger charge is -2.36. The molecule has 4 N–H and O–H groups in total. The lowest BCUT2D eigenvalue weighted by molar-refractivity contribution is -0.123. The third-order valence-corrected chi connectivity index (χ3v) is 3.36. The van der Waals surface area contributed by atoms with Gasteiger partial charge in [-0.2, -0.15) is 0 Å². The molecule has 104 valence electrons. The standard InChI is InChI=1S/C12H23N3O3/c1-2-18-9-6-10(16)14-12(11(13)15-17)7-4-3-5-8-12/h17H,2-9H2,1H3,(H2,13,15)(H,14,16). The summed E-state index contributed by atoms with van der Waals surface area (Å²) in [6.07, 6.45) is 4.82. The largest absolute Gasteiger partial charge is 0.409 e. The first-order valence-electron chi connectivity index (χ1n) is 6.51. The molecule has 0 spiro atoms. The maximum absolute atomic E-state index is 11.8. The van der Waals surface area contributed by atoms with Crippen LogP contribution in [0.4, 0.5) is 0 Å². The van der Waals surface area contributed by atoms with Gasteiger partial charge in [0.15, 0.2) is 5.84 Å². The number of hydrogen-bond acceptors (Lipinski definition) is 4. The van der Waals surface area contributed by atoms with Crippen LogP contribution >= 0.6 is 0 Å². The van der Waals surface area contributed by atoms with Gasteiger partial charge in [0.05, 0.1) is 6.61 Å². The van der Waals surface area contributed by atoms with Gasteiger partial charge >= 0.3 is 0 Å². The zero-order chi connectivity index (χ0) is 13.4. The maximum Gasteiger partial charge on any atom is 0.223 e. The van der Waals surface area contributed by atoms with Gasteiger partial charge in [0.2, 0.25) is 5.91 Å². The second-order valence-electron chi connectivity index (χ2n) is 4.62. The van der Waals surface area contributed by atoms with Crippen LogP contribution in [-0.2, 0) is 9.53 Å². The third-order valence-electron chi connectivity index (χ3n) is 3.36. The van der Waals surface area contributed by atoms with E-state index in [4.69, 9.17) is 15.7 Å². The normalized spacial score (nSPS) is 19.5. The zero-order valence-electron chi connectivity index (χ0n) is 10.9. The molecule has 1 fully saturated rings. The summed E-state index contributed by atoms with van der Waals surface area (Å²) in [6.45, 7) is 2.88. The number of ether oxygens (including phenoxy) is 1. The van der Waals surface area contributed by atoms with Crippen LogP contribution in [0.1, 0.15) is 45.4 Å². The fraction of sp³-hybridized carbons (Fsp3) is 0.833. The molecule has 0 radical (unpaired) electrons. The molecule has 0 aromatic rings. The summed E-state index contributed by atoms with van der Waals surface area (Å²) in [4.78, 5) is 11.8. The summed E-state index contributed by atoms with van der Waals surface area (Å²) in [5.41, 5.74) is 5.07. The van der Waals surface area contributed by atoms with Crippen molar-refractivity contribution in [3.05, 3.63) is 0 Å². The Bertz CT molecular complexity index is 299. The summed E-state index contributed by atoms with van der Waals surface area (Å²) in [5.74, 6) is -0.0103. The summed E-state index contributed by atoms with van der Waals surface area (Å²) >= 11 is 0. The molecule has 0 unspecified atom stereocenters. The number of amidine groups is 1. The molecule has 0 atom stereocenters. The van der Waals surface area contributed by atoms with Crippen LogP contribution in [-0.4, -0.2) is 35.7 Å². The molecule has 0 bridgehead atoms. The fourth-order valence-corrected chi connectivity index (χ4v) is 2.33. The number of oxime groups is 1. The highest BCUT2D eigenvalue weighted by Crippen LogP contribution is 2.28. The maximum atomic E-state index is 11.8. The first kappa shape index (κ1) is 14.8. The second kappa shape index (κ2) is 7.20. The molecule has 1 aliphatic rings. The molecule has 1 aliphatic carbocycles. The van der Waals surface area contributed by atoms with Crippen LogP contribution in [0.2, 0.25) is 0 Å². The van der Waals surface area contributed by atoms with Crippen LogP contribution in [0.25, 0.3) is 0 Å². The Hall–Kier alpha value is -1.30. The number of carbonyl (C=O) groups is 1. The lowest BCUT2D eigenvalue weighted by atomic mass is 9.80. The van der Waals surface area contributed by atoms with E-state index in [9.17, 15) is 4.79 Å². The van der Waals surface area contributed by atoms with Crippen molar-refractivity contribution in [1.82, 2.24) is 5.32 Å². The van der Waals surface area contributed by atoms with Crippen molar-refractivity contribution in [1.29, 1.82) is 0 Å². The van der Waals surface area contributed by atoms with Gasteiger partial charge in [-0.05, 0) is 19.8 Å². The van der Waals surface area contributed by atoms with Crippen LogP contribution in [0.15, 0.2) is 5.16 Å². The number of nitrogens with two attached hydrogens (primary N) is 1. The average Bonchev–Trinajstić information content (AvgIpc) is 2.39. The molecule has 1 amide bonds. The molecule has 0 aromatic heterocycles. The van der Waals surface area contributed by atoms with Gasteiger partial charge in [0.1, 0.15) is 5.54 Å². The molecule has 0 aromatic carbocycles. The number of amides is 1. The highest BCUT2D eigenvalue weighted by Gasteiger charge is 2.37. The van der Waals surface area contributed by atoms with Gasteiger partial charge in [-0.15, -0.1) is 0 Å². The molecular weight excluding hydrogens is 234 g/mol. The predicted octanol–water partition coefficient (Wildman–Crippen LogP) is 0.979. The summed E-state index contributed by atoms with van der Waals surface area (Å²) in [5, 5.41) is 14.9. The minimum absolute atomic E-state index is 0.104. The molecule has 0 saturated heterocycles. The number of rotatable bonds is 6. The number of carbonyl (C=O) groups excluding carboxylic acids is 1. The molecule has 0 heterocycles. The van der Waals surface area contributed by atoms with Crippen molar-refractivity contribution in [3.63, 3.8) is 0 Å². The Labute approximate surface area is 108 Å². The van der Waals surface area contributed by atoms with Crippen LogP contribution in [0.5, 0.6) is 0 Å². The minimum Gasteiger partial charge on any atom is -0.409 e. The van der Waals surface area contributed by atoms with Crippen LogP contribution in [0.3, 0.4) is 0 Å². The summed E-state index contributed by atoms with van der Waals surface area (Å²) in [6, 6.07) is 0. The van der Waals surface area contributed by atoms with Crippen molar-refractivity contribution in [2.24, 2.45) is 10.9 Å². The van der Waals surface area contributed by atoms with E-state index in [-0.39, 0.29) is 11.7 Å². The van der Waals surface area contributed by atoms with E-state index in [0.717, 1.165) is 32.1 Å². The highest BCUT2D eigenvalue weighted by molar-refractivity contribution is 5.94. The fourth-order valence-electron chi connectivity index (χ4n) is 2.33. The second-order valence-corrected chi connectivity index (χ2v) is 4.62. The number of hydrogen-bond donors (Lipinski definition) is 3. The number of nitrogens with one attached hydrogen (secondary N) is 1. The van der Waals surface area contributed by atoms with Gasteiger partial charge < -0.3 is 21.0 Å². The number of nitrogens with zero attached hydrogens (tertiary/aromatic N) is 1. The Morgan fingerprint density at radius 1 is 1.44 bits per heavy atom. The monoisotopic (exact) mass is 257 g/mol. The van der Waals surface area contributed by atoms with Gasteiger partial charge in [0.25, 0.3) is 0 Å². The predicted molar refractivity (Wildman–Crippen MR) is 68.5 cm³/mol. The minimum atomic E-state index is -0.670. The highest BCUT2D eigenvalue weighted by atomic mass is 16.5. The van der Waals surface area contributed by atoms with Gasteiger partial charge in [-0.25, -0.2) is 0 Å². The smallest absolute Gasteiger partial charge is 0.223 e. The first-order valence-corrected chi connectivity index (χ1v) is 6.51. The van der Waals surface area contributed by atoms with E-state index < -0.39 is 5.54 Å². The van der Waals surface area contributed by atoms with Crippen LogP contribution in [0, 0.1) is 0 Å². The molecule has 1 saturated carbocycles. The topological polar surface area (TPSA) is 96.9 Å². The Morgan fingerprint density at radius 2 is 2.11 bits per heavy atom. The van der Waals surface area contributed by atoms with Crippen molar-refractivity contribution < 1.29 is 14.7 Å². The zero-order valence-corrected chi connectivity index (χ0v) is 10.9. The summed E-state index contributed by atoms with van der Waals surface area (Å²) in [7, 11) is 0. The summed E-state index contributed by atoms with van der Waals surface area (Å²) < 4.78 is 5.14. The van der Waals surface area contributed by atoms with Crippen LogP contribution < -0.4 is 11.1 Å². The van der Waals surface area contributed by atoms with Gasteiger partial charge in [0, 0.05) is 13.0 Å².